The number of rotatable bonds is 3. The zero-order valence-corrected chi connectivity index (χ0v) is 10.0. The lowest BCUT2D eigenvalue weighted by atomic mass is 9.89. The molecule has 2 rings (SSSR count). The molecule has 2 heteroatoms. The Hall–Kier alpha value is -0.0800. The Morgan fingerprint density at radius 3 is 2.27 bits per heavy atom. The van der Waals surface area contributed by atoms with Crippen LogP contribution in [0.4, 0.5) is 0 Å². The molecule has 0 saturated heterocycles. The molecule has 2 saturated carbocycles. The molecule has 0 spiro atoms. The lowest BCUT2D eigenvalue weighted by Gasteiger charge is -2.35. The summed E-state index contributed by atoms with van der Waals surface area (Å²) in [4.78, 5) is 0. The van der Waals surface area contributed by atoms with Crippen molar-refractivity contribution in [2.24, 2.45) is 0 Å². The molecule has 0 unspecified atom stereocenters. The Kier molecular flexibility index (Phi) is 4.45. The molecule has 2 nitrogen and oxygen atoms in total. The monoisotopic (exact) mass is 211 g/mol. The van der Waals surface area contributed by atoms with Crippen LogP contribution in [0.15, 0.2) is 0 Å². The number of nitrogens with one attached hydrogen (secondary N) is 1. The third-order valence-corrected chi connectivity index (χ3v) is 4.06. The van der Waals surface area contributed by atoms with Gasteiger partial charge < -0.3 is 10.1 Å². The molecule has 0 aromatic heterocycles. The van der Waals surface area contributed by atoms with E-state index in [1.54, 1.807) is 0 Å². The van der Waals surface area contributed by atoms with E-state index in [1.165, 1.54) is 57.8 Å². The molecule has 0 aromatic carbocycles. The zero-order chi connectivity index (χ0) is 10.5. The maximum absolute atomic E-state index is 5.58. The normalized spacial score (nSPS) is 34.2. The Morgan fingerprint density at radius 2 is 1.53 bits per heavy atom. The number of ether oxygens (including phenoxy) is 1. The second-order valence-corrected chi connectivity index (χ2v) is 5.17. The standard InChI is InChI=1S/C13H25NO/c1-15-13-10-6-5-9-12(13)14-11-7-3-2-4-8-11/h11-14H,2-10H2,1H3/t12-,13-/m0/s1. The minimum atomic E-state index is 0.473. The summed E-state index contributed by atoms with van der Waals surface area (Å²) in [7, 11) is 1.87. The highest BCUT2D eigenvalue weighted by Gasteiger charge is 2.27. The van der Waals surface area contributed by atoms with Gasteiger partial charge in [0.1, 0.15) is 0 Å². The molecule has 0 heterocycles. The summed E-state index contributed by atoms with van der Waals surface area (Å²) in [6.45, 7) is 0. The van der Waals surface area contributed by atoms with E-state index >= 15 is 0 Å². The molecule has 2 atom stereocenters. The molecule has 1 N–H and O–H groups in total. The van der Waals surface area contributed by atoms with Crippen LogP contribution < -0.4 is 5.32 Å². The fraction of sp³-hybridized carbons (Fsp3) is 1.00. The van der Waals surface area contributed by atoms with Gasteiger partial charge in [-0.3, -0.25) is 0 Å². The van der Waals surface area contributed by atoms with Gasteiger partial charge in [-0.2, -0.15) is 0 Å². The van der Waals surface area contributed by atoms with Crippen LogP contribution in [0.3, 0.4) is 0 Å². The average Bonchev–Trinajstić information content (AvgIpc) is 2.31. The van der Waals surface area contributed by atoms with Gasteiger partial charge in [-0.25, -0.2) is 0 Å². The molecule has 0 amide bonds. The predicted molar refractivity (Wildman–Crippen MR) is 63.1 cm³/mol. The predicted octanol–water partition coefficient (Wildman–Crippen LogP) is 2.87. The van der Waals surface area contributed by atoms with Gasteiger partial charge in [0.2, 0.25) is 0 Å². The molecule has 15 heavy (non-hydrogen) atoms. The summed E-state index contributed by atoms with van der Waals surface area (Å²) < 4.78 is 5.58. The lowest BCUT2D eigenvalue weighted by Crippen LogP contribution is -2.48. The van der Waals surface area contributed by atoms with Crippen molar-refractivity contribution >= 4 is 0 Å². The fourth-order valence-electron chi connectivity index (χ4n) is 3.14. The molecule has 2 aliphatic rings. The van der Waals surface area contributed by atoms with E-state index in [0.717, 1.165) is 6.04 Å². The smallest absolute Gasteiger partial charge is 0.0724 e. The van der Waals surface area contributed by atoms with Crippen LogP contribution in [-0.2, 0) is 4.74 Å². The van der Waals surface area contributed by atoms with E-state index < -0.39 is 0 Å². The minimum absolute atomic E-state index is 0.473. The first kappa shape index (κ1) is 11.4. The lowest BCUT2D eigenvalue weighted by molar-refractivity contribution is 0.0358. The van der Waals surface area contributed by atoms with Crippen molar-refractivity contribution in [3.63, 3.8) is 0 Å². The summed E-state index contributed by atoms with van der Waals surface area (Å²) >= 11 is 0. The second-order valence-electron chi connectivity index (χ2n) is 5.17. The molecular weight excluding hydrogens is 186 g/mol. The van der Waals surface area contributed by atoms with Crippen molar-refractivity contribution in [2.45, 2.75) is 76.0 Å². The van der Waals surface area contributed by atoms with Crippen LogP contribution in [0.1, 0.15) is 57.8 Å². The van der Waals surface area contributed by atoms with Crippen molar-refractivity contribution in [3.05, 3.63) is 0 Å². The van der Waals surface area contributed by atoms with Crippen LogP contribution >= 0.6 is 0 Å². The fourth-order valence-corrected chi connectivity index (χ4v) is 3.14. The van der Waals surface area contributed by atoms with Gasteiger partial charge in [0.05, 0.1) is 6.10 Å². The molecule has 2 aliphatic carbocycles. The molecule has 0 aliphatic heterocycles. The number of hydrogen-bond acceptors (Lipinski definition) is 2. The van der Waals surface area contributed by atoms with Crippen molar-refractivity contribution in [1.29, 1.82) is 0 Å². The second kappa shape index (κ2) is 5.86. The van der Waals surface area contributed by atoms with Crippen molar-refractivity contribution in [1.82, 2.24) is 5.32 Å². The largest absolute Gasteiger partial charge is 0.380 e. The maximum atomic E-state index is 5.58. The van der Waals surface area contributed by atoms with Crippen molar-refractivity contribution < 1.29 is 4.74 Å². The summed E-state index contributed by atoms with van der Waals surface area (Å²) in [5.74, 6) is 0. The first-order valence-corrected chi connectivity index (χ1v) is 6.69. The van der Waals surface area contributed by atoms with Crippen LogP contribution in [-0.4, -0.2) is 25.3 Å². The summed E-state index contributed by atoms with van der Waals surface area (Å²) in [5, 5.41) is 3.83. The summed E-state index contributed by atoms with van der Waals surface area (Å²) in [6, 6.07) is 1.41. The zero-order valence-electron chi connectivity index (χ0n) is 10.0. The maximum Gasteiger partial charge on any atom is 0.0724 e. The first-order valence-electron chi connectivity index (χ1n) is 6.69. The van der Waals surface area contributed by atoms with Crippen LogP contribution in [0.25, 0.3) is 0 Å². The number of hydrogen-bond donors (Lipinski definition) is 1. The average molecular weight is 211 g/mol. The van der Waals surface area contributed by atoms with Gasteiger partial charge >= 0.3 is 0 Å². The molecular formula is C13H25NO. The molecule has 0 bridgehead atoms. The SMILES string of the molecule is CO[C@H]1CCCC[C@@H]1NC1CCCCC1. The van der Waals surface area contributed by atoms with E-state index in [-0.39, 0.29) is 0 Å². The van der Waals surface area contributed by atoms with Gasteiger partial charge in [0.15, 0.2) is 0 Å². The highest BCUT2D eigenvalue weighted by atomic mass is 16.5. The van der Waals surface area contributed by atoms with E-state index in [2.05, 4.69) is 5.32 Å². The molecule has 88 valence electrons. The van der Waals surface area contributed by atoms with E-state index in [0.29, 0.717) is 12.1 Å². The van der Waals surface area contributed by atoms with Gasteiger partial charge in [-0.15, -0.1) is 0 Å². The highest BCUT2D eigenvalue weighted by molar-refractivity contribution is 4.85. The Morgan fingerprint density at radius 1 is 0.867 bits per heavy atom. The summed E-state index contributed by atoms with van der Waals surface area (Å²) in [5.41, 5.74) is 0. The first-order chi connectivity index (χ1) is 7.40. The Labute approximate surface area is 93.8 Å². The van der Waals surface area contributed by atoms with Gasteiger partial charge in [0, 0.05) is 19.2 Å². The van der Waals surface area contributed by atoms with E-state index in [9.17, 15) is 0 Å². The minimum Gasteiger partial charge on any atom is -0.380 e. The van der Waals surface area contributed by atoms with Crippen LogP contribution in [0.5, 0.6) is 0 Å². The van der Waals surface area contributed by atoms with Crippen LogP contribution in [0.2, 0.25) is 0 Å². The molecule has 2 fully saturated rings. The van der Waals surface area contributed by atoms with Gasteiger partial charge in [-0.05, 0) is 25.7 Å². The van der Waals surface area contributed by atoms with Crippen molar-refractivity contribution in [2.75, 3.05) is 7.11 Å². The quantitative estimate of drug-likeness (QED) is 0.775. The topological polar surface area (TPSA) is 21.3 Å². The molecule has 0 aromatic rings. The Bertz CT molecular complexity index is 177. The number of methoxy groups -OCH3 is 1. The third kappa shape index (κ3) is 3.18. The van der Waals surface area contributed by atoms with E-state index in [4.69, 9.17) is 4.74 Å². The van der Waals surface area contributed by atoms with Gasteiger partial charge in [-0.1, -0.05) is 32.1 Å². The molecule has 0 radical (unpaired) electrons. The summed E-state index contributed by atoms with van der Waals surface area (Å²) in [6.07, 6.45) is 12.8. The Balaban J connectivity index is 1.79. The van der Waals surface area contributed by atoms with E-state index in [1.807, 2.05) is 7.11 Å². The third-order valence-electron chi connectivity index (χ3n) is 4.06. The van der Waals surface area contributed by atoms with Crippen LogP contribution in [0, 0.1) is 0 Å². The highest BCUT2D eigenvalue weighted by Crippen LogP contribution is 2.24. The van der Waals surface area contributed by atoms with Gasteiger partial charge in [0.25, 0.3) is 0 Å². The van der Waals surface area contributed by atoms with Crippen molar-refractivity contribution in [3.8, 4) is 0 Å².